The van der Waals surface area contributed by atoms with Gasteiger partial charge in [-0.2, -0.15) is 0 Å². The molecule has 3 aromatic carbocycles. The van der Waals surface area contributed by atoms with Crippen molar-refractivity contribution in [3.8, 4) is 11.5 Å². The number of anilines is 1. The van der Waals surface area contributed by atoms with Gasteiger partial charge in [0.05, 0.1) is 36.1 Å². The molecular weight excluding hydrogens is 502 g/mol. The van der Waals surface area contributed by atoms with Crippen LogP contribution in [0.5, 0.6) is 11.5 Å². The van der Waals surface area contributed by atoms with Crippen molar-refractivity contribution in [2.45, 2.75) is 10.6 Å². The number of hydrogen-bond donors (Lipinski definition) is 0. The fraction of sp³-hybridized carbons (Fsp3) is 0.241. The van der Waals surface area contributed by atoms with Crippen LogP contribution in [0.3, 0.4) is 0 Å². The molecule has 8 nitrogen and oxygen atoms in total. The van der Waals surface area contributed by atoms with Gasteiger partial charge in [-0.1, -0.05) is 36.4 Å². The highest BCUT2D eigenvalue weighted by molar-refractivity contribution is 7.90. The Balaban J connectivity index is 1.32. The Kier molecular flexibility index (Phi) is 7.20. The molecule has 2 heterocycles. The number of piperazine rings is 1. The van der Waals surface area contributed by atoms with Crippen LogP contribution in [0.1, 0.15) is 15.9 Å². The van der Waals surface area contributed by atoms with Crippen molar-refractivity contribution in [1.82, 2.24) is 9.88 Å². The van der Waals surface area contributed by atoms with E-state index in [-0.39, 0.29) is 16.6 Å². The van der Waals surface area contributed by atoms with Gasteiger partial charge in [0.2, 0.25) is 0 Å². The van der Waals surface area contributed by atoms with E-state index < -0.39 is 9.84 Å². The summed E-state index contributed by atoms with van der Waals surface area (Å²) >= 11 is 0. The number of ether oxygens (including phenoxy) is 2. The number of fused-ring (bicyclic) bond motifs is 1. The number of nitrogens with zero attached hydrogens (tertiary/aromatic N) is 3. The SMILES string of the molecule is COc1cc(C(=O)N2CCN(c3ccccc3OC)CC2)ccc1CS(=O)(=O)c1cccc2cccnc12. The second-order valence-electron chi connectivity index (χ2n) is 9.07. The summed E-state index contributed by atoms with van der Waals surface area (Å²) in [5, 5.41) is 0.757. The van der Waals surface area contributed by atoms with Crippen molar-refractivity contribution in [3.05, 3.63) is 90.1 Å². The lowest BCUT2D eigenvalue weighted by Gasteiger charge is -2.36. The van der Waals surface area contributed by atoms with E-state index in [1.807, 2.05) is 36.4 Å². The lowest BCUT2D eigenvalue weighted by Crippen LogP contribution is -2.48. The molecule has 0 spiro atoms. The second-order valence-corrected chi connectivity index (χ2v) is 11.0. The van der Waals surface area contributed by atoms with Crippen molar-refractivity contribution < 1.29 is 22.7 Å². The Morgan fingerprint density at radius 2 is 1.61 bits per heavy atom. The Bertz CT molecular complexity index is 1580. The van der Waals surface area contributed by atoms with Gasteiger partial charge >= 0.3 is 0 Å². The van der Waals surface area contributed by atoms with E-state index in [4.69, 9.17) is 9.47 Å². The number of para-hydroxylation sites is 3. The van der Waals surface area contributed by atoms with E-state index in [0.717, 1.165) is 16.8 Å². The summed E-state index contributed by atoms with van der Waals surface area (Å²) in [6, 6.07) is 21.5. The second kappa shape index (κ2) is 10.7. The number of sulfone groups is 1. The molecule has 1 saturated heterocycles. The van der Waals surface area contributed by atoms with Gasteiger partial charge < -0.3 is 19.3 Å². The summed E-state index contributed by atoms with van der Waals surface area (Å²) in [5.74, 6) is 0.788. The quantitative estimate of drug-likeness (QED) is 0.353. The molecular formula is C29H29N3O5S. The molecule has 0 saturated carbocycles. The molecule has 5 rings (SSSR count). The van der Waals surface area contributed by atoms with Crippen LogP contribution in [0, 0.1) is 0 Å². The van der Waals surface area contributed by atoms with Gasteiger partial charge in [-0.15, -0.1) is 0 Å². The standard InChI is InChI=1S/C29H29N3O5S/c1-36-25-10-4-3-9-24(25)31-15-17-32(18-16-31)29(33)22-12-13-23(26(19-22)37-2)20-38(34,35)27-11-5-7-21-8-6-14-30-28(21)27/h3-14,19H,15-18,20H2,1-2H3. The predicted molar refractivity (Wildman–Crippen MR) is 147 cm³/mol. The molecule has 9 heteroatoms. The monoisotopic (exact) mass is 531 g/mol. The number of hydrogen-bond acceptors (Lipinski definition) is 7. The van der Waals surface area contributed by atoms with Crippen LogP contribution in [0.15, 0.2) is 83.9 Å². The number of benzene rings is 3. The molecule has 0 radical (unpaired) electrons. The molecule has 1 amide bonds. The van der Waals surface area contributed by atoms with Crippen LogP contribution in [0.4, 0.5) is 5.69 Å². The van der Waals surface area contributed by atoms with E-state index in [2.05, 4.69) is 9.88 Å². The van der Waals surface area contributed by atoms with E-state index in [1.54, 1.807) is 54.6 Å². The van der Waals surface area contributed by atoms with Gasteiger partial charge in [-0.05, 0) is 36.4 Å². The summed E-state index contributed by atoms with van der Waals surface area (Å²) in [5.41, 5.74) is 2.39. The molecule has 196 valence electrons. The normalized spacial score (nSPS) is 13.9. The molecule has 0 atom stereocenters. The highest BCUT2D eigenvalue weighted by Gasteiger charge is 2.26. The third-order valence-corrected chi connectivity index (χ3v) is 8.49. The number of pyridine rings is 1. The van der Waals surface area contributed by atoms with Gasteiger partial charge in [0.1, 0.15) is 11.5 Å². The molecule has 0 aliphatic carbocycles. The zero-order valence-electron chi connectivity index (χ0n) is 21.3. The van der Waals surface area contributed by atoms with E-state index in [1.165, 1.54) is 7.11 Å². The number of amides is 1. The van der Waals surface area contributed by atoms with E-state index in [9.17, 15) is 13.2 Å². The van der Waals surface area contributed by atoms with Gasteiger partial charge in [0, 0.05) is 48.9 Å². The first-order valence-corrected chi connectivity index (χ1v) is 14.0. The number of rotatable bonds is 7. The molecule has 1 aliphatic rings. The summed E-state index contributed by atoms with van der Waals surface area (Å²) in [4.78, 5) is 21.8. The Hall–Kier alpha value is -4.11. The maximum absolute atomic E-state index is 13.4. The largest absolute Gasteiger partial charge is 0.496 e. The van der Waals surface area contributed by atoms with Crippen molar-refractivity contribution in [2.24, 2.45) is 0 Å². The Morgan fingerprint density at radius 1 is 0.868 bits per heavy atom. The van der Waals surface area contributed by atoms with Crippen LogP contribution in [0.25, 0.3) is 10.9 Å². The van der Waals surface area contributed by atoms with Crippen molar-refractivity contribution in [3.63, 3.8) is 0 Å². The molecule has 1 aliphatic heterocycles. The minimum Gasteiger partial charge on any atom is -0.496 e. The highest BCUT2D eigenvalue weighted by atomic mass is 32.2. The third kappa shape index (κ3) is 5.02. The summed E-state index contributed by atoms with van der Waals surface area (Å²) in [6.45, 7) is 2.48. The fourth-order valence-electron chi connectivity index (χ4n) is 4.83. The molecule has 4 aromatic rings. The number of carbonyl (C=O) groups excluding carboxylic acids is 1. The Morgan fingerprint density at radius 3 is 2.37 bits per heavy atom. The number of methoxy groups -OCH3 is 2. The molecule has 38 heavy (non-hydrogen) atoms. The maximum Gasteiger partial charge on any atom is 0.254 e. The number of aromatic nitrogens is 1. The maximum atomic E-state index is 13.4. The zero-order chi connectivity index (χ0) is 26.7. The third-order valence-electron chi connectivity index (χ3n) is 6.80. The van der Waals surface area contributed by atoms with Crippen molar-refractivity contribution >= 4 is 32.3 Å². The first-order valence-electron chi connectivity index (χ1n) is 12.3. The Labute approximate surface area is 222 Å². The topological polar surface area (TPSA) is 89.0 Å². The smallest absolute Gasteiger partial charge is 0.254 e. The molecule has 1 fully saturated rings. The lowest BCUT2D eigenvalue weighted by atomic mass is 10.1. The predicted octanol–water partition coefficient (Wildman–Crippen LogP) is 4.19. The van der Waals surface area contributed by atoms with Crippen LogP contribution in [0.2, 0.25) is 0 Å². The van der Waals surface area contributed by atoms with Crippen molar-refractivity contribution in [2.75, 3.05) is 45.3 Å². The van der Waals surface area contributed by atoms with Crippen molar-refractivity contribution in [1.29, 1.82) is 0 Å². The number of carbonyl (C=O) groups is 1. The minimum absolute atomic E-state index is 0.115. The first-order chi connectivity index (χ1) is 18.4. The van der Waals surface area contributed by atoms with Crippen LogP contribution in [-0.4, -0.2) is 64.6 Å². The van der Waals surface area contributed by atoms with Gasteiger partial charge in [-0.25, -0.2) is 8.42 Å². The molecule has 1 aromatic heterocycles. The van der Waals surface area contributed by atoms with Crippen LogP contribution in [-0.2, 0) is 15.6 Å². The average molecular weight is 532 g/mol. The highest BCUT2D eigenvalue weighted by Crippen LogP contribution is 2.30. The van der Waals surface area contributed by atoms with E-state index in [0.29, 0.717) is 48.6 Å². The van der Waals surface area contributed by atoms with Gasteiger partial charge in [0.25, 0.3) is 5.91 Å². The average Bonchev–Trinajstić information content (AvgIpc) is 2.96. The van der Waals surface area contributed by atoms with E-state index >= 15 is 0 Å². The van der Waals surface area contributed by atoms with Crippen LogP contribution >= 0.6 is 0 Å². The molecule has 0 unspecified atom stereocenters. The fourth-order valence-corrected chi connectivity index (χ4v) is 6.38. The first kappa shape index (κ1) is 25.5. The lowest BCUT2D eigenvalue weighted by molar-refractivity contribution is 0.0746. The molecule has 0 N–H and O–H groups in total. The summed E-state index contributed by atoms with van der Waals surface area (Å²) in [7, 11) is -0.588. The summed E-state index contributed by atoms with van der Waals surface area (Å²) < 4.78 is 37.7. The molecule has 0 bridgehead atoms. The van der Waals surface area contributed by atoms with Crippen LogP contribution < -0.4 is 14.4 Å². The summed E-state index contributed by atoms with van der Waals surface area (Å²) in [6.07, 6.45) is 1.58. The minimum atomic E-state index is -3.72. The van der Waals surface area contributed by atoms with Gasteiger partial charge in [0.15, 0.2) is 9.84 Å². The van der Waals surface area contributed by atoms with Gasteiger partial charge in [-0.3, -0.25) is 9.78 Å². The zero-order valence-corrected chi connectivity index (χ0v) is 22.1.